The molecule has 0 spiro atoms. The Bertz CT molecular complexity index is 1150. The quantitative estimate of drug-likeness (QED) is 0.178. The Morgan fingerprint density at radius 3 is 2.36 bits per heavy atom. The smallest absolute Gasteiger partial charge is 0.347 e. The number of esters is 1. The Balaban J connectivity index is 0.000000287. The summed E-state index contributed by atoms with van der Waals surface area (Å²) in [7, 11) is 4.01. The van der Waals surface area contributed by atoms with Gasteiger partial charge in [-0.1, -0.05) is 12.1 Å². The van der Waals surface area contributed by atoms with E-state index in [2.05, 4.69) is 10.2 Å². The summed E-state index contributed by atoms with van der Waals surface area (Å²) < 4.78 is 28.1. The zero-order valence-electron chi connectivity index (χ0n) is 24.4. The van der Waals surface area contributed by atoms with Crippen molar-refractivity contribution in [3.63, 3.8) is 0 Å². The van der Waals surface area contributed by atoms with Crippen LogP contribution in [-0.4, -0.2) is 102 Å². The van der Waals surface area contributed by atoms with Crippen molar-refractivity contribution in [3.8, 4) is 11.5 Å². The molecule has 12 nitrogen and oxygen atoms in total. The average Bonchev–Trinajstić information content (AvgIpc) is 3.39. The lowest BCUT2D eigenvalue weighted by atomic mass is 10.1. The van der Waals surface area contributed by atoms with E-state index in [1.807, 2.05) is 27.9 Å². The first-order valence-electron chi connectivity index (χ1n) is 13.3. The fourth-order valence-electron chi connectivity index (χ4n) is 4.33. The molecule has 5 unspecified atom stereocenters. The monoisotopic (exact) mass is 612 g/mol. The first-order valence-corrected chi connectivity index (χ1v) is 13.3. The van der Waals surface area contributed by atoms with E-state index in [9.17, 15) is 19.8 Å². The molecule has 0 bridgehead atoms. The number of hydrogen-bond donors (Lipinski definition) is 4. The van der Waals surface area contributed by atoms with Gasteiger partial charge in [0.05, 0.1) is 6.61 Å². The number of aliphatic hydroxyl groups is 2. The van der Waals surface area contributed by atoms with Gasteiger partial charge in [-0.2, -0.15) is 0 Å². The number of phenolic OH excluding ortho intramolecular Hbond substituents is 1. The highest BCUT2D eigenvalue weighted by Crippen LogP contribution is 2.39. The molecule has 1 amide bonds. The molecule has 2 saturated heterocycles. The van der Waals surface area contributed by atoms with Gasteiger partial charge in [-0.3, -0.25) is 4.79 Å². The summed E-state index contributed by atoms with van der Waals surface area (Å²) >= 11 is 0. The van der Waals surface area contributed by atoms with Crippen molar-refractivity contribution < 1.29 is 48.6 Å². The minimum Gasteiger partial charge on any atom is -0.507 e. The zero-order chi connectivity index (χ0) is 30.2. The Morgan fingerprint density at radius 2 is 1.76 bits per heavy atom. The van der Waals surface area contributed by atoms with Crippen LogP contribution in [0.2, 0.25) is 0 Å². The van der Waals surface area contributed by atoms with Crippen LogP contribution >= 0.6 is 12.4 Å². The van der Waals surface area contributed by atoms with Crippen molar-refractivity contribution in [2.75, 3.05) is 39.2 Å². The number of anilines is 1. The van der Waals surface area contributed by atoms with Gasteiger partial charge in [0.25, 0.3) is 0 Å². The topological polar surface area (TPSA) is 156 Å². The Hall–Kier alpha value is -2.81. The zero-order valence-corrected chi connectivity index (χ0v) is 25.2. The molecule has 4 rings (SSSR count). The number of nitrogens with zero attached hydrogens (tertiary/aromatic N) is 1. The molecule has 2 heterocycles. The highest BCUT2D eigenvalue weighted by atomic mass is 35.5. The maximum Gasteiger partial charge on any atom is 0.347 e. The molecule has 2 aromatic carbocycles. The number of aromatic hydroxyl groups is 1. The van der Waals surface area contributed by atoms with E-state index in [0.717, 1.165) is 13.0 Å². The van der Waals surface area contributed by atoms with Gasteiger partial charge < -0.3 is 49.2 Å². The fraction of sp³-hybridized carbons (Fsp3) is 0.517. The number of para-hydroxylation sites is 1. The summed E-state index contributed by atoms with van der Waals surface area (Å²) in [5.41, 5.74) is 0.707. The number of amides is 1. The van der Waals surface area contributed by atoms with Gasteiger partial charge in [0.2, 0.25) is 5.91 Å². The first-order chi connectivity index (χ1) is 19.4. The van der Waals surface area contributed by atoms with E-state index in [-0.39, 0.29) is 42.3 Å². The van der Waals surface area contributed by atoms with Gasteiger partial charge in [0, 0.05) is 19.2 Å². The predicted octanol–water partition coefficient (Wildman–Crippen LogP) is 2.54. The molecule has 0 saturated carbocycles. The molecule has 4 N–H and O–H groups in total. The number of halogens is 1. The molecule has 2 aromatic rings. The molecule has 0 aromatic heterocycles. The third kappa shape index (κ3) is 10.2. The summed E-state index contributed by atoms with van der Waals surface area (Å²) in [5.74, 6) is -1.35. The number of hydrogen-bond acceptors (Lipinski definition) is 11. The number of aliphatic hydroxyl groups excluding tert-OH is 2. The van der Waals surface area contributed by atoms with Gasteiger partial charge >= 0.3 is 5.97 Å². The minimum atomic E-state index is -1.01. The molecule has 234 valence electrons. The maximum absolute atomic E-state index is 11.8. The minimum absolute atomic E-state index is 0. The molecular weight excluding hydrogens is 572 g/mol. The number of phenols is 1. The van der Waals surface area contributed by atoms with Crippen molar-refractivity contribution in [2.45, 2.75) is 63.7 Å². The molecular formula is C29H41ClN2O10. The Labute approximate surface area is 251 Å². The van der Waals surface area contributed by atoms with Crippen LogP contribution in [0.3, 0.4) is 0 Å². The van der Waals surface area contributed by atoms with Crippen LogP contribution in [0.25, 0.3) is 0 Å². The number of carbonyl (C=O) groups is 2. The van der Waals surface area contributed by atoms with Crippen molar-refractivity contribution in [1.82, 2.24) is 4.90 Å². The lowest BCUT2D eigenvalue weighted by molar-refractivity contribution is -0.231. The van der Waals surface area contributed by atoms with E-state index >= 15 is 0 Å². The van der Waals surface area contributed by atoms with Crippen LogP contribution in [0.15, 0.2) is 48.5 Å². The van der Waals surface area contributed by atoms with Gasteiger partial charge in [-0.25, -0.2) is 4.79 Å². The second-order valence-electron chi connectivity index (χ2n) is 10.4. The van der Waals surface area contributed by atoms with Gasteiger partial charge in [-0.05, 0) is 77.3 Å². The van der Waals surface area contributed by atoms with Crippen molar-refractivity contribution >= 4 is 30.0 Å². The summed E-state index contributed by atoms with van der Waals surface area (Å²) in [6.45, 7) is 6.10. The maximum atomic E-state index is 11.8. The van der Waals surface area contributed by atoms with Crippen molar-refractivity contribution in [2.24, 2.45) is 0 Å². The van der Waals surface area contributed by atoms with Crippen molar-refractivity contribution in [3.05, 3.63) is 54.1 Å². The molecule has 0 radical (unpaired) electrons. The lowest BCUT2D eigenvalue weighted by Crippen LogP contribution is -2.44. The summed E-state index contributed by atoms with van der Waals surface area (Å²) in [5, 5.41) is 31.2. The van der Waals surface area contributed by atoms with Crippen LogP contribution in [0, 0.1) is 0 Å². The molecule has 5 atom stereocenters. The second kappa shape index (κ2) is 16.1. The standard InChI is InChI=1S/C15H13NO4.C14H27NO6.ClH/c1-10(17)16-11-6-8-12(9-7-11)20-15(19)13-4-2-3-5-14(13)18;1-14(2)20-12-11(18-7-5-6-15(3)4)10(9(17)8-16)19-13(12)21-14;/h2-9,18H,1H3,(H,16,17);9-13,16-17H,5-8H2,1-4H3;1H. The van der Waals surface area contributed by atoms with Gasteiger partial charge in [-0.15, -0.1) is 12.4 Å². The number of ether oxygens (including phenoxy) is 5. The van der Waals surface area contributed by atoms with E-state index in [1.54, 1.807) is 36.4 Å². The van der Waals surface area contributed by atoms with Crippen LogP contribution in [0.1, 0.15) is 37.6 Å². The molecule has 0 aliphatic carbocycles. The van der Waals surface area contributed by atoms with Crippen LogP contribution in [0.4, 0.5) is 5.69 Å². The van der Waals surface area contributed by atoms with Crippen molar-refractivity contribution in [1.29, 1.82) is 0 Å². The third-order valence-corrected chi connectivity index (χ3v) is 6.16. The summed E-state index contributed by atoms with van der Waals surface area (Å²) in [6.07, 6.45) is -2.17. The fourth-order valence-corrected chi connectivity index (χ4v) is 4.33. The lowest BCUT2D eigenvalue weighted by Gasteiger charge is -2.28. The third-order valence-electron chi connectivity index (χ3n) is 6.16. The highest BCUT2D eigenvalue weighted by molar-refractivity contribution is 5.94. The average molecular weight is 613 g/mol. The van der Waals surface area contributed by atoms with Crippen LogP contribution in [0.5, 0.6) is 11.5 Å². The van der Waals surface area contributed by atoms with Gasteiger partial charge in [0.15, 0.2) is 12.1 Å². The summed E-state index contributed by atoms with van der Waals surface area (Å²) in [4.78, 5) is 24.8. The first kappa shape index (κ1) is 35.4. The SMILES string of the molecule is CC(=O)Nc1ccc(OC(=O)c2ccccc2O)cc1.CN(C)CCCOC1C(C(O)CO)OC2OC(C)(C)OC21.Cl. The predicted molar refractivity (Wildman–Crippen MR) is 156 cm³/mol. The molecule has 2 aliphatic heterocycles. The van der Waals surface area contributed by atoms with E-state index in [0.29, 0.717) is 18.0 Å². The van der Waals surface area contributed by atoms with Gasteiger partial charge in [0.1, 0.15) is 41.5 Å². The largest absolute Gasteiger partial charge is 0.507 e. The number of benzene rings is 2. The number of nitrogens with one attached hydrogen (secondary N) is 1. The van der Waals surface area contributed by atoms with E-state index in [1.165, 1.54) is 19.1 Å². The number of rotatable bonds is 10. The second-order valence-corrected chi connectivity index (χ2v) is 10.4. The molecule has 2 fully saturated rings. The Kier molecular flexibility index (Phi) is 13.6. The highest BCUT2D eigenvalue weighted by Gasteiger charge is 2.56. The number of fused-ring (bicyclic) bond motifs is 1. The summed E-state index contributed by atoms with van der Waals surface area (Å²) in [6, 6.07) is 12.5. The molecule has 13 heteroatoms. The molecule has 42 heavy (non-hydrogen) atoms. The van der Waals surface area contributed by atoms with E-state index < -0.39 is 36.4 Å². The number of carbonyl (C=O) groups excluding carboxylic acids is 2. The molecule has 2 aliphatic rings. The van der Waals surface area contributed by atoms with Crippen LogP contribution < -0.4 is 10.1 Å². The van der Waals surface area contributed by atoms with Crippen LogP contribution in [-0.2, 0) is 23.7 Å². The normalized spacial score (nSPS) is 22.8. The Morgan fingerprint density at radius 1 is 1.10 bits per heavy atom. The van der Waals surface area contributed by atoms with E-state index in [4.69, 9.17) is 28.8 Å².